The Labute approximate surface area is 102 Å². The quantitative estimate of drug-likeness (QED) is 0.443. The van der Waals surface area contributed by atoms with Crippen LogP contribution >= 0.6 is 0 Å². The van der Waals surface area contributed by atoms with Gasteiger partial charge in [0.25, 0.3) is 5.91 Å². The summed E-state index contributed by atoms with van der Waals surface area (Å²) in [6, 6.07) is 9.26. The molecule has 0 aliphatic heterocycles. The van der Waals surface area contributed by atoms with Crippen molar-refractivity contribution in [3.63, 3.8) is 0 Å². The summed E-state index contributed by atoms with van der Waals surface area (Å²) in [5, 5.41) is 1.27. The minimum Gasteiger partial charge on any atom is -0.273 e. The number of carbonyl (C=O) groups is 1. The Morgan fingerprint density at radius 2 is 2.00 bits per heavy atom. The Bertz CT molecular complexity index is 411. The van der Waals surface area contributed by atoms with Crippen molar-refractivity contribution in [2.45, 2.75) is 13.0 Å². The summed E-state index contributed by atoms with van der Waals surface area (Å²) in [7, 11) is 1.46. The minimum atomic E-state index is -0.314. The first kappa shape index (κ1) is 13.2. The number of rotatable bonds is 5. The van der Waals surface area contributed by atoms with Crippen LogP contribution in [-0.2, 0) is 9.63 Å². The van der Waals surface area contributed by atoms with Crippen molar-refractivity contribution in [1.82, 2.24) is 5.06 Å². The minimum absolute atomic E-state index is 0.249. The maximum atomic E-state index is 11.9. The molecule has 0 heterocycles. The molecule has 0 aliphatic carbocycles. The number of hydrogen-bond donors (Lipinski definition) is 0. The monoisotopic (exact) mass is 231 g/mol. The summed E-state index contributed by atoms with van der Waals surface area (Å²) in [6.07, 6.45) is 1.67. The van der Waals surface area contributed by atoms with Gasteiger partial charge in [0.1, 0.15) is 6.04 Å². The van der Waals surface area contributed by atoms with E-state index in [2.05, 4.69) is 13.2 Å². The second-order valence-electron chi connectivity index (χ2n) is 3.69. The molecule has 0 aromatic heterocycles. The van der Waals surface area contributed by atoms with Crippen LogP contribution in [-0.4, -0.2) is 18.1 Å². The highest BCUT2D eigenvalue weighted by molar-refractivity contribution is 5.91. The first-order valence-corrected chi connectivity index (χ1v) is 5.32. The van der Waals surface area contributed by atoms with Gasteiger partial charge >= 0.3 is 0 Å². The predicted molar refractivity (Wildman–Crippen MR) is 68.0 cm³/mol. The molecule has 3 heteroatoms. The zero-order chi connectivity index (χ0) is 12.8. The molecule has 1 rings (SSSR count). The zero-order valence-electron chi connectivity index (χ0n) is 10.2. The van der Waals surface area contributed by atoms with Gasteiger partial charge in [0.05, 0.1) is 7.11 Å². The molecule has 3 nitrogen and oxygen atoms in total. The number of benzene rings is 1. The fraction of sp³-hybridized carbons (Fsp3) is 0.214. The van der Waals surface area contributed by atoms with Gasteiger partial charge in [-0.2, -0.15) is 0 Å². The van der Waals surface area contributed by atoms with Crippen LogP contribution in [0.5, 0.6) is 0 Å². The molecule has 1 aromatic carbocycles. The van der Waals surface area contributed by atoms with Gasteiger partial charge in [-0.1, -0.05) is 43.0 Å². The van der Waals surface area contributed by atoms with E-state index < -0.39 is 0 Å². The Hall–Kier alpha value is -1.87. The van der Waals surface area contributed by atoms with Crippen molar-refractivity contribution in [2.75, 3.05) is 7.11 Å². The topological polar surface area (TPSA) is 29.5 Å². The highest BCUT2D eigenvalue weighted by Gasteiger charge is 2.23. The van der Waals surface area contributed by atoms with Gasteiger partial charge in [-0.15, -0.1) is 6.58 Å². The average Bonchev–Trinajstić information content (AvgIpc) is 2.35. The molecule has 0 aliphatic rings. The van der Waals surface area contributed by atoms with Gasteiger partial charge in [-0.3, -0.25) is 9.63 Å². The van der Waals surface area contributed by atoms with Crippen LogP contribution in [0.25, 0.3) is 0 Å². The summed E-state index contributed by atoms with van der Waals surface area (Å²) < 4.78 is 0. The van der Waals surface area contributed by atoms with E-state index in [-0.39, 0.29) is 11.9 Å². The van der Waals surface area contributed by atoms with Crippen molar-refractivity contribution < 1.29 is 9.63 Å². The molecule has 0 radical (unpaired) electrons. The molecule has 90 valence electrons. The summed E-state index contributed by atoms with van der Waals surface area (Å²) >= 11 is 0. The van der Waals surface area contributed by atoms with E-state index in [1.165, 1.54) is 12.2 Å². The lowest BCUT2D eigenvalue weighted by Gasteiger charge is -2.27. The number of hydrogen-bond acceptors (Lipinski definition) is 2. The molecule has 0 N–H and O–H groups in total. The van der Waals surface area contributed by atoms with E-state index >= 15 is 0 Å². The lowest BCUT2D eigenvalue weighted by Crippen LogP contribution is -2.33. The molecule has 1 amide bonds. The van der Waals surface area contributed by atoms with Crippen LogP contribution in [0.2, 0.25) is 0 Å². The van der Waals surface area contributed by atoms with Crippen LogP contribution in [0, 0.1) is 0 Å². The van der Waals surface area contributed by atoms with Crippen molar-refractivity contribution in [3.8, 4) is 0 Å². The standard InChI is InChI=1S/C14H17NO2/c1-5-13(12-9-7-6-8-10-12)15(17-4)14(16)11(2)3/h5-10,13H,1-2H2,3-4H3/t13-/m1/s1. The second-order valence-corrected chi connectivity index (χ2v) is 3.69. The maximum absolute atomic E-state index is 11.9. The average molecular weight is 231 g/mol. The van der Waals surface area contributed by atoms with Crippen LogP contribution in [0.4, 0.5) is 0 Å². The van der Waals surface area contributed by atoms with E-state index in [1.54, 1.807) is 13.0 Å². The largest absolute Gasteiger partial charge is 0.273 e. The molecule has 1 atom stereocenters. The Balaban J connectivity index is 3.04. The van der Waals surface area contributed by atoms with E-state index in [9.17, 15) is 4.79 Å². The second kappa shape index (κ2) is 6.01. The molecule has 0 fully saturated rings. The number of hydroxylamine groups is 2. The Morgan fingerprint density at radius 1 is 1.41 bits per heavy atom. The third kappa shape index (κ3) is 3.04. The van der Waals surface area contributed by atoms with Gasteiger partial charge in [0.2, 0.25) is 0 Å². The van der Waals surface area contributed by atoms with Crippen LogP contribution in [0.15, 0.2) is 55.1 Å². The highest BCUT2D eigenvalue weighted by atomic mass is 16.7. The van der Waals surface area contributed by atoms with Gasteiger partial charge in [0.15, 0.2) is 0 Å². The number of nitrogens with zero attached hydrogens (tertiary/aromatic N) is 1. The molecule has 1 aromatic rings. The smallest absolute Gasteiger partial charge is 0.273 e. The normalized spacial score (nSPS) is 11.6. The van der Waals surface area contributed by atoms with Crippen LogP contribution in [0.1, 0.15) is 18.5 Å². The fourth-order valence-electron chi connectivity index (χ4n) is 1.53. The Kier molecular flexibility index (Phi) is 4.67. The molecular formula is C14H17NO2. The van der Waals surface area contributed by atoms with Gasteiger partial charge in [0, 0.05) is 5.57 Å². The molecule has 0 saturated carbocycles. The van der Waals surface area contributed by atoms with E-state index in [1.807, 2.05) is 30.3 Å². The van der Waals surface area contributed by atoms with Crippen molar-refractivity contribution in [1.29, 1.82) is 0 Å². The number of amides is 1. The van der Waals surface area contributed by atoms with E-state index in [0.717, 1.165) is 5.56 Å². The maximum Gasteiger partial charge on any atom is 0.273 e. The summed E-state index contributed by atoms with van der Waals surface area (Å²) in [4.78, 5) is 17.0. The summed E-state index contributed by atoms with van der Waals surface area (Å²) in [6.45, 7) is 9.03. The summed E-state index contributed by atoms with van der Waals surface area (Å²) in [5.41, 5.74) is 1.37. The number of carbonyl (C=O) groups excluding carboxylic acids is 1. The lowest BCUT2D eigenvalue weighted by atomic mass is 10.1. The van der Waals surface area contributed by atoms with Crippen molar-refractivity contribution in [2.24, 2.45) is 0 Å². The molecular weight excluding hydrogens is 214 g/mol. The zero-order valence-corrected chi connectivity index (χ0v) is 10.2. The fourth-order valence-corrected chi connectivity index (χ4v) is 1.53. The Morgan fingerprint density at radius 3 is 2.41 bits per heavy atom. The van der Waals surface area contributed by atoms with Crippen molar-refractivity contribution >= 4 is 5.91 Å². The SMILES string of the molecule is C=C[C@H](c1ccccc1)N(OC)C(=O)C(=C)C. The lowest BCUT2D eigenvalue weighted by molar-refractivity contribution is -0.180. The van der Waals surface area contributed by atoms with Gasteiger partial charge < -0.3 is 0 Å². The van der Waals surface area contributed by atoms with Gasteiger partial charge in [-0.25, -0.2) is 5.06 Å². The predicted octanol–water partition coefficient (Wildman–Crippen LogP) is 2.88. The van der Waals surface area contributed by atoms with Crippen LogP contribution < -0.4 is 0 Å². The highest BCUT2D eigenvalue weighted by Crippen LogP contribution is 2.23. The van der Waals surface area contributed by atoms with Crippen LogP contribution in [0.3, 0.4) is 0 Å². The van der Waals surface area contributed by atoms with Crippen molar-refractivity contribution in [3.05, 3.63) is 60.7 Å². The molecule has 0 unspecified atom stereocenters. The molecule has 0 spiro atoms. The molecule has 17 heavy (non-hydrogen) atoms. The molecule has 0 bridgehead atoms. The summed E-state index contributed by atoms with van der Waals surface area (Å²) in [5.74, 6) is -0.249. The van der Waals surface area contributed by atoms with Gasteiger partial charge in [-0.05, 0) is 12.5 Å². The third-order valence-corrected chi connectivity index (χ3v) is 2.38. The first-order valence-electron chi connectivity index (χ1n) is 5.32. The third-order valence-electron chi connectivity index (χ3n) is 2.38. The molecule has 0 saturated heterocycles. The van der Waals surface area contributed by atoms with E-state index in [0.29, 0.717) is 5.57 Å². The first-order chi connectivity index (χ1) is 8.11. The van der Waals surface area contributed by atoms with E-state index in [4.69, 9.17) is 4.84 Å².